The summed E-state index contributed by atoms with van der Waals surface area (Å²) in [5.41, 5.74) is 8.08. The minimum absolute atomic E-state index is 0.467. The van der Waals surface area contributed by atoms with Crippen LogP contribution >= 0.6 is 24.4 Å². The van der Waals surface area contributed by atoms with Crippen LogP contribution in [0.1, 0.15) is 11.1 Å². The Balaban J connectivity index is 1.61. The van der Waals surface area contributed by atoms with Crippen LogP contribution in [0.4, 0.5) is 0 Å². The molecule has 0 aliphatic rings. The van der Waals surface area contributed by atoms with Crippen molar-refractivity contribution in [3.63, 3.8) is 0 Å². The SMILES string of the molecule is COc1ccc(CCNC(=S)NNC(=S)NCCc2ccc(OC)c(OC)c2)cc1. The molecule has 2 aromatic rings. The number of rotatable bonds is 9. The summed E-state index contributed by atoms with van der Waals surface area (Å²) in [6, 6.07) is 13.8. The van der Waals surface area contributed by atoms with Gasteiger partial charge in [0.2, 0.25) is 0 Å². The van der Waals surface area contributed by atoms with Gasteiger partial charge in [-0.05, 0) is 72.7 Å². The summed E-state index contributed by atoms with van der Waals surface area (Å²) in [4.78, 5) is 0. The van der Waals surface area contributed by atoms with E-state index in [9.17, 15) is 0 Å². The molecule has 0 radical (unpaired) electrons. The van der Waals surface area contributed by atoms with E-state index in [0.717, 1.165) is 24.2 Å². The van der Waals surface area contributed by atoms with E-state index >= 15 is 0 Å². The van der Waals surface area contributed by atoms with E-state index in [-0.39, 0.29) is 0 Å². The summed E-state index contributed by atoms with van der Waals surface area (Å²) in [5, 5.41) is 7.21. The molecule has 0 saturated heterocycles. The molecule has 4 N–H and O–H groups in total. The zero-order valence-electron chi connectivity index (χ0n) is 17.4. The van der Waals surface area contributed by atoms with Gasteiger partial charge < -0.3 is 24.8 Å². The van der Waals surface area contributed by atoms with Crippen LogP contribution in [0.25, 0.3) is 0 Å². The molecule has 0 aliphatic carbocycles. The normalized spacial score (nSPS) is 9.97. The Kier molecular flexibility index (Phi) is 9.96. The number of nitrogens with one attached hydrogen (secondary N) is 4. The summed E-state index contributed by atoms with van der Waals surface area (Å²) in [6.07, 6.45) is 1.63. The van der Waals surface area contributed by atoms with Gasteiger partial charge in [0.1, 0.15) is 5.75 Å². The monoisotopic (exact) mass is 448 g/mol. The van der Waals surface area contributed by atoms with Crippen molar-refractivity contribution in [2.24, 2.45) is 0 Å². The van der Waals surface area contributed by atoms with Crippen LogP contribution < -0.4 is 35.7 Å². The van der Waals surface area contributed by atoms with Crippen molar-refractivity contribution < 1.29 is 14.2 Å². The molecule has 0 atom stereocenters. The van der Waals surface area contributed by atoms with Gasteiger partial charge in [-0.3, -0.25) is 10.9 Å². The van der Waals surface area contributed by atoms with E-state index < -0.39 is 0 Å². The van der Waals surface area contributed by atoms with Gasteiger partial charge in [0, 0.05) is 13.1 Å². The summed E-state index contributed by atoms with van der Waals surface area (Å²) >= 11 is 10.5. The predicted molar refractivity (Wildman–Crippen MR) is 127 cm³/mol. The van der Waals surface area contributed by atoms with Crippen LogP contribution in [0.3, 0.4) is 0 Å². The van der Waals surface area contributed by atoms with Crippen LogP contribution in [-0.2, 0) is 12.8 Å². The Morgan fingerprint density at radius 2 is 1.23 bits per heavy atom. The lowest BCUT2D eigenvalue weighted by atomic mass is 10.1. The van der Waals surface area contributed by atoms with Gasteiger partial charge in [-0.2, -0.15) is 0 Å². The highest BCUT2D eigenvalue weighted by Crippen LogP contribution is 2.27. The first-order valence-electron chi connectivity index (χ1n) is 9.47. The summed E-state index contributed by atoms with van der Waals surface area (Å²) < 4.78 is 15.7. The van der Waals surface area contributed by atoms with E-state index in [4.69, 9.17) is 38.6 Å². The number of ether oxygens (including phenoxy) is 3. The number of benzene rings is 2. The first kappa shape index (κ1) is 23.5. The molecule has 0 heterocycles. The van der Waals surface area contributed by atoms with Gasteiger partial charge in [0.25, 0.3) is 0 Å². The lowest BCUT2D eigenvalue weighted by Gasteiger charge is -2.14. The Morgan fingerprint density at radius 3 is 1.77 bits per heavy atom. The average Bonchev–Trinajstić information content (AvgIpc) is 2.78. The molecule has 7 nitrogen and oxygen atoms in total. The zero-order valence-corrected chi connectivity index (χ0v) is 19.0. The third-order valence-electron chi connectivity index (χ3n) is 4.30. The fourth-order valence-corrected chi connectivity index (χ4v) is 2.98. The van der Waals surface area contributed by atoms with Crippen molar-refractivity contribution in [2.75, 3.05) is 34.4 Å². The first-order chi connectivity index (χ1) is 14.5. The second-order valence-electron chi connectivity index (χ2n) is 6.30. The maximum absolute atomic E-state index is 5.32. The van der Waals surface area contributed by atoms with E-state index in [1.807, 2.05) is 42.5 Å². The molecular formula is C21H28N4O3S2. The van der Waals surface area contributed by atoms with Crippen LogP contribution in [0.2, 0.25) is 0 Å². The van der Waals surface area contributed by atoms with Crippen molar-refractivity contribution in [3.8, 4) is 17.2 Å². The predicted octanol–water partition coefficient (Wildman–Crippen LogP) is 2.34. The van der Waals surface area contributed by atoms with Crippen LogP contribution in [-0.4, -0.2) is 44.6 Å². The van der Waals surface area contributed by atoms with Crippen LogP contribution in [0.15, 0.2) is 42.5 Å². The van der Waals surface area contributed by atoms with Gasteiger partial charge in [-0.1, -0.05) is 18.2 Å². The third kappa shape index (κ3) is 7.92. The Hall–Kier alpha value is -2.78. The highest BCUT2D eigenvalue weighted by atomic mass is 32.1. The largest absolute Gasteiger partial charge is 0.497 e. The number of hydrogen-bond donors (Lipinski definition) is 4. The first-order valence-corrected chi connectivity index (χ1v) is 10.3. The van der Waals surface area contributed by atoms with Crippen LogP contribution in [0, 0.1) is 0 Å². The molecule has 0 spiro atoms. The van der Waals surface area contributed by atoms with E-state index in [1.165, 1.54) is 5.56 Å². The van der Waals surface area contributed by atoms with Crippen molar-refractivity contribution in [2.45, 2.75) is 12.8 Å². The molecule has 0 aromatic heterocycles. The second kappa shape index (κ2) is 12.7. The Labute approximate surface area is 188 Å². The molecule has 0 fully saturated rings. The Bertz CT molecular complexity index is 832. The second-order valence-corrected chi connectivity index (χ2v) is 7.12. The maximum atomic E-state index is 5.32. The third-order valence-corrected chi connectivity index (χ3v) is 4.79. The van der Waals surface area contributed by atoms with Crippen LogP contribution in [0.5, 0.6) is 17.2 Å². The Morgan fingerprint density at radius 1 is 0.700 bits per heavy atom. The quantitative estimate of drug-likeness (QED) is 0.342. The molecule has 0 aliphatic heterocycles. The smallest absolute Gasteiger partial charge is 0.185 e. The highest BCUT2D eigenvalue weighted by Gasteiger charge is 2.05. The fourth-order valence-electron chi connectivity index (χ4n) is 2.67. The number of thiocarbonyl (C=S) groups is 2. The minimum Gasteiger partial charge on any atom is -0.497 e. The maximum Gasteiger partial charge on any atom is 0.185 e. The summed E-state index contributed by atoms with van der Waals surface area (Å²) in [7, 11) is 4.90. The average molecular weight is 449 g/mol. The van der Waals surface area contributed by atoms with Gasteiger partial charge in [-0.15, -0.1) is 0 Å². The van der Waals surface area contributed by atoms with Crippen molar-refractivity contribution in [3.05, 3.63) is 53.6 Å². The molecule has 2 aromatic carbocycles. The number of hydrogen-bond acceptors (Lipinski definition) is 5. The standard InChI is InChI=1S/C21H28N4O3S2/c1-26-17-7-4-15(5-8-17)10-12-22-20(29)24-25-21(30)23-13-11-16-6-9-18(27-2)19(14-16)28-3/h4-9,14H,10-13H2,1-3H3,(H2,22,24,29)(H2,23,25,30). The topological polar surface area (TPSA) is 75.8 Å². The van der Waals surface area contributed by atoms with Gasteiger partial charge in [0.05, 0.1) is 21.3 Å². The van der Waals surface area contributed by atoms with Gasteiger partial charge >= 0.3 is 0 Å². The van der Waals surface area contributed by atoms with Crippen molar-refractivity contribution in [1.29, 1.82) is 0 Å². The summed E-state index contributed by atoms with van der Waals surface area (Å²) in [5.74, 6) is 2.27. The molecule has 30 heavy (non-hydrogen) atoms. The molecule has 0 bridgehead atoms. The molecule has 9 heteroatoms. The molecule has 162 valence electrons. The zero-order chi connectivity index (χ0) is 21.8. The highest BCUT2D eigenvalue weighted by molar-refractivity contribution is 7.80. The molecule has 2 rings (SSSR count). The van der Waals surface area contributed by atoms with E-state index in [0.29, 0.717) is 34.8 Å². The van der Waals surface area contributed by atoms with Gasteiger partial charge in [-0.25, -0.2) is 0 Å². The van der Waals surface area contributed by atoms with E-state index in [1.54, 1.807) is 21.3 Å². The molecule has 0 amide bonds. The fraction of sp³-hybridized carbons (Fsp3) is 0.333. The summed E-state index contributed by atoms with van der Waals surface area (Å²) in [6.45, 7) is 1.37. The van der Waals surface area contributed by atoms with Crippen molar-refractivity contribution >= 4 is 34.7 Å². The minimum atomic E-state index is 0.467. The lowest BCUT2D eigenvalue weighted by Crippen LogP contribution is -2.50. The molecule has 0 unspecified atom stereocenters. The van der Waals surface area contributed by atoms with Crippen molar-refractivity contribution in [1.82, 2.24) is 21.5 Å². The van der Waals surface area contributed by atoms with E-state index in [2.05, 4.69) is 21.5 Å². The molecule has 0 saturated carbocycles. The lowest BCUT2D eigenvalue weighted by molar-refractivity contribution is 0.354. The number of hydrazine groups is 1. The number of methoxy groups -OCH3 is 3. The molecular weight excluding hydrogens is 420 g/mol. The van der Waals surface area contributed by atoms with Gasteiger partial charge in [0.15, 0.2) is 21.7 Å².